The molecule has 260 valence electrons. The minimum atomic E-state index is -3.64. The number of oxazole rings is 1. The number of aromatic nitrogens is 1. The molecule has 1 aromatic heterocycles. The molecule has 2 heterocycles. The van der Waals surface area contributed by atoms with Gasteiger partial charge in [-0.15, -0.1) is 0 Å². The maximum atomic E-state index is 12.7. The van der Waals surface area contributed by atoms with E-state index in [2.05, 4.69) is 11.6 Å². The van der Waals surface area contributed by atoms with Crippen molar-refractivity contribution in [3.05, 3.63) is 162 Å². The van der Waals surface area contributed by atoms with Crippen molar-refractivity contribution in [2.24, 2.45) is 5.92 Å². The molecule has 4 atom stereocenters. The fourth-order valence-corrected chi connectivity index (χ4v) is 8.08. The van der Waals surface area contributed by atoms with Gasteiger partial charge in [-0.3, -0.25) is 0 Å². The fraction of sp³-hybridized carbons (Fsp3) is 0.195. The van der Waals surface area contributed by atoms with Crippen LogP contribution in [0.1, 0.15) is 41.6 Å². The van der Waals surface area contributed by atoms with E-state index >= 15 is 0 Å². The highest BCUT2D eigenvalue weighted by Crippen LogP contribution is 2.44. The minimum Gasteiger partial charge on any atom is -0.431 e. The zero-order chi connectivity index (χ0) is 35.2. The largest absolute Gasteiger partial charge is 0.431 e. The summed E-state index contributed by atoms with van der Waals surface area (Å²) in [4.78, 5) is 5.16. The van der Waals surface area contributed by atoms with Gasteiger partial charge in [0.05, 0.1) is 23.7 Å². The van der Waals surface area contributed by atoms with Crippen LogP contribution in [0.25, 0.3) is 22.6 Å². The molecule has 0 saturated carbocycles. The number of nitrogens with zero attached hydrogens (tertiary/aromatic N) is 1. The summed E-state index contributed by atoms with van der Waals surface area (Å²) in [5, 5.41) is 10.2. The molecule has 0 bridgehead atoms. The fourth-order valence-electron chi connectivity index (χ4n) is 6.06. The molecule has 0 radical (unpaired) electrons. The van der Waals surface area contributed by atoms with Crippen LogP contribution in [0.3, 0.4) is 0 Å². The van der Waals surface area contributed by atoms with Crippen molar-refractivity contribution in [2.75, 3.05) is 5.75 Å². The molecule has 2 N–H and O–H groups in total. The summed E-state index contributed by atoms with van der Waals surface area (Å²) in [5.74, 6) is 1.25. The summed E-state index contributed by atoms with van der Waals surface area (Å²) in [5.41, 5.74) is 6.16. The summed E-state index contributed by atoms with van der Waals surface area (Å²) < 4.78 is 47.9. The van der Waals surface area contributed by atoms with E-state index in [0.29, 0.717) is 11.0 Å². The Morgan fingerprint density at radius 1 is 0.725 bits per heavy atom. The molecule has 1 fully saturated rings. The van der Waals surface area contributed by atoms with Gasteiger partial charge in [0.2, 0.25) is 10.0 Å². The Morgan fingerprint density at radius 3 is 1.96 bits per heavy atom. The first-order valence-corrected chi connectivity index (χ1v) is 19.2. The van der Waals surface area contributed by atoms with Crippen LogP contribution < -0.4 is 4.72 Å². The first kappa shape index (κ1) is 34.9. The van der Waals surface area contributed by atoms with Gasteiger partial charge in [0.25, 0.3) is 5.22 Å². The van der Waals surface area contributed by atoms with Crippen LogP contribution in [0.4, 0.5) is 0 Å². The third kappa shape index (κ3) is 8.18. The van der Waals surface area contributed by atoms with Crippen LogP contribution in [-0.4, -0.2) is 30.4 Å². The Kier molecular flexibility index (Phi) is 10.8. The number of aliphatic hydroxyl groups excluding tert-OH is 1. The van der Waals surface area contributed by atoms with Crippen LogP contribution in [0.2, 0.25) is 0 Å². The second kappa shape index (κ2) is 15.8. The summed E-state index contributed by atoms with van der Waals surface area (Å²) in [7, 11) is -3.64. The number of nitrogens with one attached hydrogen (secondary N) is 1. The van der Waals surface area contributed by atoms with E-state index < -0.39 is 16.3 Å². The molecule has 0 amide bonds. The molecule has 0 spiro atoms. The van der Waals surface area contributed by atoms with Crippen molar-refractivity contribution in [1.82, 2.24) is 9.71 Å². The average Bonchev–Trinajstić information content (AvgIpc) is 3.62. The molecule has 0 aliphatic carbocycles. The van der Waals surface area contributed by atoms with E-state index in [1.165, 1.54) is 11.8 Å². The van der Waals surface area contributed by atoms with E-state index in [1.54, 1.807) is 30.3 Å². The van der Waals surface area contributed by atoms with Gasteiger partial charge in [0.15, 0.2) is 12.1 Å². The Hall–Kier alpha value is -4.55. The number of thioether (sulfide) groups is 1. The van der Waals surface area contributed by atoms with E-state index in [0.717, 1.165) is 44.8 Å². The molecule has 1 unspecified atom stereocenters. The molecule has 10 heteroatoms. The summed E-state index contributed by atoms with van der Waals surface area (Å²) in [6.45, 7) is 2.23. The number of hydrogen-bond donors (Lipinski definition) is 2. The topological polar surface area (TPSA) is 111 Å². The van der Waals surface area contributed by atoms with Gasteiger partial charge in [-0.05, 0) is 28.8 Å². The van der Waals surface area contributed by atoms with Crippen LogP contribution in [0.5, 0.6) is 0 Å². The number of aliphatic hydroxyl groups is 1. The standard InChI is InChI=1S/C41H38N2O6S2/c1-28-36(27-50-41-43-37(31-11-5-2-6-12-31)39(49-41)32-13-7-3-8-14-32)47-40(48-38(28)33-21-19-30(26-44)20-22-33)34-23-17-29(18-24-34)25-42-51(45,46)35-15-9-4-10-16-35/h2-24,28,36,38,40,42,44H,25-27H2,1H3/t28-,36+,38+,40?/m0/s1. The quantitative estimate of drug-likeness (QED) is 0.121. The lowest BCUT2D eigenvalue weighted by Gasteiger charge is -2.41. The zero-order valence-corrected chi connectivity index (χ0v) is 29.6. The van der Waals surface area contributed by atoms with Crippen LogP contribution in [0.15, 0.2) is 154 Å². The van der Waals surface area contributed by atoms with Gasteiger partial charge < -0.3 is 19.0 Å². The third-order valence-electron chi connectivity index (χ3n) is 8.96. The molecular weight excluding hydrogens is 681 g/mol. The smallest absolute Gasteiger partial charge is 0.256 e. The summed E-state index contributed by atoms with van der Waals surface area (Å²) >= 11 is 1.51. The number of hydrogen-bond acceptors (Lipinski definition) is 8. The predicted molar refractivity (Wildman–Crippen MR) is 198 cm³/mol. The van der Waals surface area contributed by atoms with Crippen LogP contribution >= 0.6 is 11.8 Å². The Balaban J connectivity index is 1.11. The maximum absolute atomic E-state index is 12.7. The second-order valence-electron chi connectivity index (χ2n) is 12.4. The molecule has 51 heavy (non-hydrogen) atoms. The zero-order valence-electron chi connectivity index (χ0n) is 28.0. The first-order chi connectivity index (χ1) is 24.9. The normalized spacial score (nSPS) is 19.2. The molecule has 5 aromatic carbocycles. The van der Waals surface area contributed by atoms with Gasteiger partial charge in [-0.2, -0.15) is 0 Å². The minimum absolute atomic E-state index is 0.0301. The van der Waals surface area contributed by atoms with Crippen molar-refractivity contribution in [3.8, 4) is 22.6 Å². The van der Waals surface area contributed by atoms with Gasteiger partial charge in [0.1, 0.15) is 5.69 Å². The molecule has 1 aliphatic rings. The lowest BCUT2D eigenvalue weighted by atomic mass is 9.91. The van der Waals surface area contributed by atoms with Gasteiger partial charge >= 0.3 is 0 Å². The number of sulfonamides is 1. The van der Waals surface area contributed by atoms with E-state index in [9.17, 15) is 13.5 Å². The van der Waals surface area contributed by atoms with E-state index in [4.69, 9.17) is 18.9 Å². The van der Waals surface area contributed by atoms with Crippen molar-refractivity contribution in [1.29, 1.82) is 0 Å². The third-order valence-corrected chi connectivity index (χ3v) is 11.3. The molecular formula is C41H38N2O6S2. The van der Waals surface area contributed by atoms with Gasteiger partial charge in [-0.25, -0.2) is 18.1 Å². The average molecular weight is 719 g/mol. The summed E-state index contributed by atoms with van der Waals surface area (Å²) in [6.07, 6.45) is -1.20. The number of ether oxygens (including phenoxy) is 2. The predicted octanol–water partition coefficient (Wildman–Crippen LogP) is 8.56. The van der Waals surface area contributed by atoms with Crippen molar-refractivity contribution >= 4 is 21.8 Å². The number of rotatable bonds is 12. The lowest BCUT2D eigenvalue weighted by Crippen LogP contribution is -2.38. The monoisotopic (exact) mass is 718 g/mol. The van der Waals surface area contributed by atoms with E-state index in [-0.39, 0.29) is 36.2 Å². The van der Waals surface area contributed by atoms with Crippen molar-refractivity contribution < 1.29 is 27.4 Å². The Morgan fingerprint density at radius 2 is 1.31 bits per heavy atom. The summed E-state index contributed by atoms with van der Waals surface area (Å²) in [6, 6.07) is 43.7. The Bertz CT molecular complexity index is 2070. The first-order valence-electron chi connectivity index (χ1n) is 16.8. The second-order valence-corrected chi connectivity index (χ2v) is 15.1. The highest BCUT2D eigenvalue weighted by molar-refractivity contribution is 7.99. The highest BCUT2D eigenvalue weighted by Gasteiger charge is 2.38. The highest BCUT2D eigenvalue weighted by atomic mass is 32.2. The van der Waals surface area contributed by atoms with E-state index in [1.807, 2.05) is 109 Å². The van der Waals surface area contributed by atoms with Crippen LogP contribution in [0, 0.1) is 5.92 Å². The van der Waals surface area contributed by atoms with Gasteiger partial charge in [-0.1, -0.05) is 146 Å². The Labute approximate surface area is 302 Å². The maximum Gasteiger partial charge on any atom is 0.256 e. The number of benzene rings is 5. The molecule has 6 aromatic rings. The lowest BCUT2D eigenvalue weighted by molar-refractivity contribution is -0.268. The van der Waals surface area contributed by atoms with Crippen LogP contribution in [-0.2, 0) is 32.6 Å². The van der Waals surface area contributed by atoms with Crippen molar-refractivity contribution in [3.63, 3.8) is 0 Å². The SMILES string of the molecule is C[C@H]1[C@@H](CSc2nc(-c3ccccc3)c(-c3ccccc3)o2)OC(c2ccc(CNS(=O)(=O)c3ccccc3)cc2)O[C@H]1c1ccc(CO)cc1. The van der Waals surface area contributed by atoms with Gasteiger partial charge in [0, 0.05) is 34.9 Å². The molecule has 1 saturated heterocycles. The molecule has 8 nitrogen and oxygen atoms in total. The molecule has 1 aliphatic heterocycles. The molecule has 7 rings (SSSR count). The van der Waals surface area contributed by atoms with Crippen molar-refractivity contribution in [2.45, 2.75) is 48.7 Å².